The van der Waals surface area contributed by atoms with Gasteiger partial charge in [0.15, 0.2) is 0 Å². The number of hydrogen-bond donors (Lipinski definition) is 0. The largest absolute Gasteiger partial charge is 0.487 e. The van der Waals surface area contributed by atoms with E-state index in [4.69, 9.17) is 4.74 Å². The van der Waals surface area contributed by atoms with Gasteiger partial charge in [-0.15, -0.1) is 0 Å². The van der Waals surface area contributed by atoms with E-state index in [0.717, 1.165) is 5.92 Å². The van der Waals surface area contributed by atoms with Crippen LogP contribution in [0.2, 0.25) is 0 Å². The molecule has 0 amide bonds. The van der Waals surface area contributed by atoms with E-state index in [0.29, 0.717) is 5.92 Å². The summed E-state index contributed by atoms with van der Waals surface area (Å²) in [5, 5.41) is 0. The van der Waals surface area contributed by atoms with Gasteiger partial charge in [-0.1, -0.05) is 18.6 Å². The average Bonchev–Trinajstić information content (AvgIpc) is 2.73. The molecule has 0 bridgehead atoms. The molecule has 1 heterocycles. The lowest BCUT2D eigenvalue weighted by Gasteiger charge is -2.43. The minimum atomic E-state index is 0.00667. The lowest BCUT2D eigenvalue weighted by Crippen LogP contribution is -2.43. The second kappa shape index (κ2) is 3.51. The molecule has 0 N–H and O–H groups in total. The molecule has 1 fully saturated rings. The smallest absolute Gasteiger partial charge is 0.126 e. The molecular weight excluding hydrogens is 208 g/mol. The molecule has 0 aromatic heterocycles. The lowest BCUT2D eigenvalue weighted by molar-refractivity contribution is 0.0192. The molecule has 1 saturated carbocycles. The molecule has 0 spiro atoms. The standard InChI is InChI=1S/C16H22O/c1-10-8-9-11(2)15-14(10)12-6-5-7-13(12)16(3,4)17-15/h8-9,12-13H,5-7H2,1-4H3/t12-,13+/m0/s1. The number of hydrogen-bond acceptors (Lipinski definition) is 1. The molecule has 0 saturated heterocycles. The van der Waals surface area contributed by atoms with Crippen LogP contribution in [0.15, 0.2) is 12.1 Å². The maximum absolute atomic E-state index is 6.34. The van der Waals surface area contributed by atoms with Crippen molar-refractivity contribution in [1.82, 2.24) is 0 Å². The molecule has 0 unspecified atom stereocenters. The zero-order valence-corrected chi connectivity index (χ0v) is 11.3. The monoisotopic (exact) mass is 230 g/mol. The van der Waals surface area contributed by atoms with Crippen molar-refractivity contribution >= 4 is 0 Å². The fraction of sp³-hybridized carbons (Fsp3) is 0.625. The Morgan fingerprint density at radius 1 is 1.12 bits per heavy atom. The molecule has 92 valence electrons. The molecule has 1 aliphatic heterocycles. The highest BCUT2D eigenvalue weighted by Crippen LogP contribution is 2.54. The second-order valence-electron chi connectivity index (χ2n) is 6.29. The molecule has 1 heteroatoms. The predicted octanol–water partition coefficient (Wildman–Crippen LogP) is 4.36. The Morgan fingerprint density at radius 3 is 2.59 bits per heavy atom. The summed E-state index contributed by atoms with van der Waals surface area (Å²) < 4.78 is 6.34. The summed E-state index contributed by atoms with van der Waals surface area (Å²) in [5.41, 5.74) is 4.22. The van der Waals surface area contributed by atoms with Crippen LogP contribution in [0.4, 0.5) is 0 Å². The first-order valence-electron chi connectivity index (χ1n) is 6.80. The Balaban J connectivity index is 2.20. The second-order valence-corrected chi connectivity index (χ2v) is 6.29. The van der Waals surface area contributed by atoms with E-state index in [1.54, 1.807) is 0 Å². The highest BCUT2D eigenvalue weighted by Gasteiger charge is 2.46. The van der Waals surface area contributed by atoms with Crippen LogP contribution in [0.5, 0.6) is 5.75 Å². The maximum Gasteiger partial charge on any atom is 0.126 e. The molecule has 2 aliphatic rings. The van der Waals surface area contributed by atoms with E-state index in [2.05, 4.69) is 39.8 Å². The van der Waals surface area contributed by atoms with Gasteiger partial charge in [-0.05, 0) is 57.6 Å². The zero-order valence-electron chi connectivity index (χ0n) is 11.3. The van der Waals surface area contributed by atoms with E-state index in [-0.39, 0.29) is 5.60 Å². The van der Waals surface area contributed by atoms with Gasteiger partial charge in [0, 0.05) is 11.5 Å². The van der Waals surface area contributed by atoms with Crippen LogP contribution in [0, 0.1) is 19.8 Å². The Hall–Kier alpha value is -0.980. The van der Waals surface area contributed by atoms with E-state index in [1.807, 2.05) is 0 Å². The highest BCUT2D eigenvalue weighted by atomic mass is 16.5. The highest BCUT2D eigenvalue weighted by molar-refractivity contribution is 5.50. The van der Waals surface area contributed by atoms with Crippen molar-refractivity contribution in [3.05, 3.63) is 28.8 Å². The van der Waals surface area contributed by atoms with E-state index < -0.39 is 0 Å². The van der Waals surface area contributed by atoms with Gasteiger partial charge in [0.25, 0.3) is 0 Å². The fourth-order valence-corrected chi connectivity index (χ4v) is 3.88. The van der Waals surface area contributed by atoms with Gasteiger partial charge in [-0.3, -0.25) is 0 Å². The molecule has 0 radical (unpaired) electrons. The summed E-state index contributed by atoms with van der Waals surface area (Å²) >= 11 is 0. The molecule has 1 aromatic rings. The quantitative estimate of drug-likeness (QED) is 0.643. The van der Waals surface area contributed by atoms with Gasteiger partial charge < -0.3 is 4.74 Å². The first kappa shape index (κ1) is 11.1. The van der Waals surface area contributed by atoms with Crippen LogP contribution in [0.25, 0.3) is 0 Å². The third-order valence-corrected chi connectivity index (χ3v) is 4.76. The summed E-state index contributed by atoms with van der Waals surface area (Å²) in [6.45, 7) is 8.93. The fourth-order valence-electron chi connectivity index (χ4n) is 3.88. The summed E-state index contributed by atoms with van der Waals surface area (Å²) in [6, 6.07) is 4.45. The van der Waals surface area contributed by atoms with Gasteiger partial charge >= 0.3 is 0 Å². The summed E-state index contributed by atoms with van der Waals surface area (Å²) in [6.07, 6.45) is 4.02. The maximum atomic E-state index is 6.34. The first-order chi connectivity index (χ1) is 8.00. The van der Waals surface area contributed by atoms with E-state index >= 15 is 0 Å². The Labute approximate surface area is 104 Å². The van der Waals surface area contributed by atoms with Crippen molar-refractivity contribution in [2.45, 2.75) is 58.5 Å². The third kappa shape index (κ3) is 1.51. The predicted molar refractivity (Wildman–Crippen MR) is 70.7 cm³/mol. The number of rotatable bonds is 0. The van der Waals surface area contributed by atoms with Gasteiger partial charge in [0.1, 0.15) is 11.4 Å². The normalized spacial score (nSPS) is 29.4. The molecule has 1 aliphatic carbocycles. The number of aryl methyl sites for hydroxylation is 2. The number of fused-ring (bicyclic) bond motifs is 3. The van der Waals surface area contributed by atoms with Crippen LogP contribution in [0.3, 0.4) is 0 Å². The molecule has 2 atom stereocenters. The number of ether oxygens (including phenoxy) is 1. The minimum Gasteiger partial charge on any atom is -0.487 e. The van der Waals surface area contributed by atoms with Gasteiger partial charge in [-0.25, -0.2) is 0 Å². The van der Waals surface area contributed by atoms with Crippen molar-refractivity contribution in [2.24, 2.45) is 5.92 Å². The Bertz CT molecular complexity index is 459. The summed E-state index contributed by atoms with van der Waals surface area (Å²) in [4.78, 5) is 0. The van der Waals surface area contributed by atoms with Crippen LogP contribution < -0.4 is 4.74 Å². The number of benzene rings is 1. The van der Waals surface area contributed by atoms with Gasteiger partial charge in [0.2, 0.25) is 0 Å². The van der Waals surface area contributed by atoms with Crippen molar-refractivity contribution in [3.8, 4) is 5.75 Å². The van der Waals surface area contributed by atoms with Crippen molar-refractivity contribution in [3.63, 3.8) is 0 Å². The van der Waals surface area contributed by atoms with E-state index in [1.165, 1.54) is 41.7 Å². The topological polar surface area (TPSA) is 9.23 Å². The molecule has 1 nitrogen and oxygen atoms in total. The summed E-state index contributed by atoms with van der Waals surface area (Å²) in [5.74, 6) is 2.61. The van der Waals surface area contributed by atoms with Gasteiger partial charge in [-0.2, -0.15) is 0 Å². The Morgan fingerprint density at radius 2 is 1.82 bits per heavy atom. The molecule has 17 heavy (non-hydrogen) atoms. The van der Waals surface area contributed by atoms with Crippen LogP contribution >= 0.6 is 0 Å². The Kier molecular flexibility index (Phi) is 2.30. The SMILES string of the molecule is Cc1ccc(C)c2c1OC(C)(C)[C@@H]1CCC[C@H]21. The molecular formula is C16H22O. The van der Waals surface area contributed by atoms with Crippen molar-refractivity contribution in [2.75, 3.05) is 0 Å². The lowest BCUT2D eigenvalue weighted by atomic mass is 9.74. The van der Waals surface area contributed by atoms with Crippen molar-refractivity contribution in [1.29, 1.82) is 0 Å². The molecule has 1 aromatic carbocycles. The van der Waals surface area contributed by atoms with Crippen LogP contribution in [-0.2, 0) is 0 Å². The van der Waals surface area contributed by atoms with Crippen LogP contribution in [-0.4, -0.2) is 5.60 Å². The summed E-state index contributed by atoms with van der Waals surface area (Å²) in [7, 11) is 0. The van der Waals surface area contributed by atoms with Crippen molar-refractivity contribution < 1.29 is 4.74 Å². The van der Waals surface area contributed by atoms with Gasteiger partial charge in [0.05, 0.1) is 0 Å². The average molecular weight is 230 g/mol. The minimum absolute atomic E-state index is 0.00667. The third-order valence-electron chi connectivity index (χ3n) is 4.76. The van der Waals surface area contributed by atoms with Crippen LogP contribution in [0.1, 0.15) is 55.7 Å². The molecule has 3 rings (SSSR count). The zero-order chi connectivity index (χ0) is 12.2. The first-order valence-corrected chi connectivity index (χ1v) is 6.80. The van der Waals surface area contributed by atoms with E-state index in [9.17, 15) is 0 Å².